The monoisotopic (exact) mass is 281 g/mol. The average Bonchev–Trinajstić information content (AvgIpc) is 3.16. The van der Waals surface area contributed by atoms with Gasteiger partial charge in [0, 0.05) is 24.7 Å². The van der Waals surface area contributed by atoms with Crippen LogP contribution in [-0.4, -0.2) is 41.0 Å². The predicted molar refractivity (Wildman–Crippen MR) is 82.4 cm³/mol. The Labute approximate surface area is 123 Å². The first-order valence-electron chi connectivity index (χ1n) is 8.20. The van der Waals surface area contributed by atoms with Crippen molar-refractivity contribution in [2.45, 2.75) is 83.5 Å². The number of nitrogens with one attached hydrogen (secondary N) is 1. The number of primary amides is 1. The Morgan fingerprint density at radius 2 is 1.80 bits per heavy atom. The molecule has 2 aliphatic rings. The molecule has 0 aromatic carbocycles. The fraction of sp³-hybridized carbons (Fsp3) is 0.938. The summed E-state index contributed by atoms with van der Waals surface area (Å²) in [5, 5.41) is 3.53. The van der Waals surface area contributed by atoms with Gasteiger partial charge in [-0.15, -0.1) is 0 Å². The molecule has 0 aromatic heterocycles. The normalized spacial score (nSPS) is 31.2. The molecule has 1 heterocycles. The van der Waals surface area contributed by atoms with Crippen molar-refractivity contribution in [2.24, 2.45) is 11.7 Å². The van der Waals surface area contributed by atoms with Crippen LogP contribution in [0.1, 0.15) is 59.8 Å². The van der Waals surface area contributed by atoms with E-state index in [-0.39, 0.29) is 11.9 Å². The van der Waals surface area contributed by atoms with Gasteiger partial charge in [0.2, 0.25) is 5.91 Å². The molecule has 0 aromatic rings. The fourth-order valence-electron chi connectivity index (χ4n) is 3.81. The first kappa shape index (κ1) is 15.8. The van der Waals surface area contributed by atoms with Crippen LogP contribution in [0, 0.1) is 5.92 Å². The van der Waals surface area contributed by atoms with Crippen molar-refractivity contribution >= 4 is 5.91 Å². The molecule has 3 N–H and O–H groups in total. The van der Waals surface area contributed by atoms with E-state index in [0.717, 1.165) is 19.4 Å². The summed E-state index contributed by atoms with van der Waals surface area (Å²) < 4.78 is 0. The zero-order valence-corrected chi connectivity index (χ0v) is 13.5. The molecule has 2 fully saturated rings. The second-order valence-electron chi connectivity index (χ2n) is 7.21. The van der Waals surface area contributed by atoms with Gasteiger partial charge in [0.15, 0.2) is 0 Å². The summed E-state index contributed by atoms with van der Waals surface area (Å²) in [7, 11) is 0. The quantitative estimate of drug-likeness (QED) is 0.781. The molecule has 1 unspecified atom stereocenters. The number of hydrogen-bond donors (Lipinski definition) is 2. The highest BCUT2D eigenvalue weighted by Crippen LogP contribution is 2.41. The molecule has 1 saturated carbocycles. The lowest BCUT2D eigenvalue weighted by Gasteiger charge is -2.45. The molecule has 2 rings (SSSR count). The Hall–Kier alpha value is -0.610. The maximum atomic E-state index is 12.3. The molecule has 1 aliphatic carbocycles. The first-order valence-corrected chi connectivity index (χ1v) is 8.20. The molecule has 116 valence electrons. The van der Waals surface area contributed by atoms with Crippen LogP contribution in [0.5, 0.6) is 0 Å². The van der Waals surface area contributed by atoms with Gasteiger partial charge in [-0.05, 0) is 59.3 Å². The molecular weight excluding hydrogens is 250 g/mol. The van der Waals surface area contributed by atoms with Crippen LogP contribution in [0.25, 0.3) is 0 Å². The molecule has 0 spiro atoms. The van der Waals surface area contributed by atoms with Crippen molar-refractivity contribution in [3.05, 3.63) is 0 Å². The van der Waals surface area contributed by atoms with Crippen molar-refractivity contribution in [3.63, 3.8) is 0 Å². The van der Waals surface area contributed by atoms with Gasteiger partial charge < -0.3 is 5.73 Å². The number of amides is 1. The molecule has 20 heavy (non-hydrogen) atoms. The third kappa shape index (κ3) is 3.17. The molecule has 1 aliphatic heterocycles. The summed E-state index contributed by atoms with van der Waals surface area (Å²) in [5.74, 6) is 0.252. The maximum absolute atomic E-state index is 12.3. The maximum Gasteiger partial charge on any atom is 0.239 e. The Morgan fingerprint density at radius 1 is 1.25 bits per heavy atom. The Kier molecular flexibility index (Phi) is 4.75. The fourth-order valence-corrected chi connectivity index (χ4v) is 3.81. The zero-order valence-electron chi connectivity index (χ0n) is 13.5. The predicted octanol–water partition coefficient (Wildman–Crippen LogP) is 1.88. The highest BCUT2D eigenvalue weighted by atomic mass is 16.1. The zero-order chi connectivity index (χ0) is 14.9. The molecule has 4 heteroatoms. The second-order valence-corrected chi connectivity index (χ2v) is 7.21. The number of carbonyl (C=O) groups is 1. The van der Waals surface area contributed by atoms with Crippen LogP contribution in [-0.2, 0) is 4.79 Å². The number of carbonyl (C=O) groups excluding carboxylic acids is 1. The van der Waals surface area contributed by atoms with Gasteiger partial charge in [0.1, 0.15) is 5.54 Å². The van der Waals surface area contributed by atoms with Gasteiger partial charge in [-0.25, -0.2) is 0 Å². The molecule has 4 nitrogen and oxygen atoms in total. The number of nitrogens with two attached hydrogens (primary N) is 1. The van der Waals surface area contributed by atoms with E-state index in [4.69, 9.17) is 5.73 Å². The van der Waals surface area contributed by atoms with Gasteiger partial charge in [0.05, 0.1) is 0 Å². The summed E-state index contributed by atoms with van der Waals surface area (Å²) in [6, 6.07) is 1.37. The Morgan fingerprint density at radius 3 is 2.20 bits per heavy atom. The lowest BCUT2D eigenvalue weighted by atomic mass is 9.87. The SMILES string of the molecule is CC(C)NC(CN1[C@H](C)CCC[C@@H]1C)(C(N)=O)C1CC1. The van der Waals surface area contributed by atoms with Crippen molar-refractivity contribution in [1.29, 1.82) is 0 Å². The van der Waals surface area contributed by atoms with Crippen LogP contribution in [0.2, 0.25) is 0 Å². The van der Waals surface area contributed by atoms with Crippen LogP contribution >= 0.6 is 0 Å². The van der Waals surface area contributed by atoms with Gasteiger partial charge in [-0.2, -0.15) is 0 Å². The summed E-state index contributed by atoms with van der Waals surface area (Å²) in [5.41, 5.74) is 5.31. The highest BCUT2D eigenvalue weighted by molar-refractivity contribution is 5.86. The molecular formula is C16H31N3O. The lowest BCUT2D eigenvalue weighted by molar-refractivity contribution is -0.127. The van der Waals surface area contributed by atoms with Gasteiger partial charge >= 0.3 is 0 Å². The summed E-state index contributed by atoms with van der Waals surface area (Å²) >= 11 is 0. The topological polar surface area (TPSA) is 58.4 Å². The van der Waals surface area contributed by atoms with E-state index in [2.05, 4.69) is 37.9 Å². The van der Waals surface area contributed by atoms with E-state index < -0.39 is 5.54 Å². The first-order chi connectivity index (χ1) is 9.36. The summed E-state index contributed by atoms with van der Waals surface area (Å²) in [6.45, 7) is 9.53. The van der Waals surface area contributed by atoms with Crippen LogP contribution in [0.15, 0.2) is 0 Å². The minimum atomic E-state index is -0.534. The van der Waals surface area contributed by atoms with Crippen molar-refractivity contribution in [2.75, 3.05) is 6.54 Å². The Balaban J connectivity index is 2.19. The van der Waals surface area contributed by atoms with E-state index in [9.17, 15) is 4.79 Å². The average molecular weight is 281 g/mol. The van der Waals surface area contributed by atoms with E-state index in [1.54, 1.807) is 0 Å². The number of likely N-dealkylation sites (tertiary alicyclic amines) is 1. The Bertz CT molecular complexity index is 344. The number of rotatable bonds is 6. The molecule has 0 bridgehead atoms. The largest absolute Gasteiger partial charge is 0.368 e. The van der Waals surface area contributed by atoms with E-state index in [1.807, 2.05) is 0 Å². The number of hydrogen-bond acceptors (Lipinski definition) is 3. The standard InChI is InChI=1S/C16H31N3O/c1-11(2)18-16(15(17)20,14-8-9-14)10-19-12(3)6-5-7-13(19)4/h11-14,18H,5-10H2,1-4H3,(H2,17,20)/t12-,13+,16?. The minimum Gasteiger partial charge on any atom is -0.368 e. The number of piperidine rings is 1. The molecule has 3 atom stereocenters. The second kappa shape index (κ2) is 6.02. The van der Waals surface area contributed by atoms with Gasteiger partial charge in [-0.1, -0.05) is 6.42 Å². The smallest absolute Gasteiger partial charge is 0.239 e. The molecule has 1 saturated heterocycles. The third-order valence-corrected chi connectivity index (χ3v) is 5.07. The van der Waals surface area contributed by atoms with Gasteiger partial charge in [-0.3, -0.25) is 15.0 Å². The van der Waals surface area contributed by atoms with Crippen molar-refractivity contribution in [1.82, 2.24) is 10.2 Å². The van der Waals surface area contributed by atoms with Crippen molar-refractivity contribution < 1.29 is 4.79 Å². The van der Waals surface area contributed by atoms with E-state index in [1.165, 1.54) is 19.3 Å². The third-order valence-electron chi connectivity index (χ3n) is 5.07. The van der Waals surface area contributed by atoms with Crippen LogP contribution in [0.4, 0.5) is 0 Å². The lowest BCUT2D eigenvalue weighted by Crippen LogP contribution is -2.66. The van der Waals surface area contributed by atoms with E-state index >= 15 is 0 Å². The molecule has 1 amide bonds. The minimum absolute atomic E-state index is 0.168. The summed E-state index contributed by atoms with van der Waals surface area (Å²) in [4.78, 5) is 14.8. The van der Waals surface area contributed by atoms with Crippen LogP contribution < -0.4 is 11.1 Å². The number of nitrogens with zero attached hydrogens (tertiary/aromatic N) is 1. The van der Waals surface area contributed by atoms with E-state index in [0.29, 0.717) is 18.0 Å². The highest BCUT2D eigenvalue weighted by Gasteiger charge is 2.51. The van der Waals surface area contributed by atoms with Crippen LogP contribution in [0.3, 0.4) is 0 Å². The van der Waals surface area contributed by atoms with Gasteiger partial charge in [0.25, 0.3) is 0 Å². The van der Waals surface area contributed by atoms with Crippen molar-refractivity contribution in [3.8, 4) is 0 Å². The molecule has 0 radical (unpaired) electrons. The summed E-state index contributed by atoms with van der Waals surface area (Å²) in [6.07, 6.45) is 6.00.